The molecule has 2 heterocycles. The van der Waals surface area contributed by atoms with Crippen molar-refractivity contribution in [3.05, 3.63) is 71.8 Å². The Morgan fingerprint density at radius 3 is 2.77 bits per heavy atom. The maximum absolute atomic E-state index is 12.2. The first kappa shape index (κ1) is 14.3. The minimum absolute atomic E-state index is 0.0929. The number of nitrogens with one attached hydrogen (secondary N) is 1. The summed E-state index contributed by atoms with van der Waals surface area (Å²) in [4.78, 5) is 16.2. The standard InChI is InChI=1S/C17H17N3O2/c1-22-11-14-4-2-13(3-5-14)9-19-17(21)15-6-7-20-12-18-10-16(20)8-15/h2-8,10,12H,9,11H2,1H3,(H,19,21). The normalized spacial score (nSPS) is 10.8. The molecule has 5 nitrogen and oxygen atoms in total. The van der Waals surface area contributed by atoms with E-state index in [2.05, 4.69) is 10.3 Å². The third-order valence-corrected chi connectivity index (χ3v) is 3.46. The molecule has 0 aliphatic heterocycles. The lowest BCUT2D eigenvalue weighted by Gasteiger charge is -2.07. The van der Waals surface area contributed by atoms with E-state index in [4.69, 9.17) is 4.74 Å². The van der Waals surface area contributed by atoms with Crippen LogP contribution < -0.4 is 5.32 Å². The van der Waals surface area contributed by atoms with Crippen LogP contribution in [0.15, 0.2) is 55.1 Å². The molecule has 3 aromatic rings. The molecule has 0 unspecified atom stereocenters. The van der Waals surface area contributed by atoms with Crippen molar-refractivity contribution >= 4 is 11.4 Å². The van der Waals surface area contributed by atoms with E-state index < -0.39 is 0 Å². The predicted molar refractivity (Wildman–Crippen MR) is 83.5 cm³/mol. The molecule has 1 N–H and O–H groups in total. The number of nitrogens with zero attached hydrogens (tertiary/aromatic N) is 2. The number of pyridine rings is 1. The molecule has 22 heavy (non-hydrogen) atoms. The summed E-state index contributed by atoms with van der Waals surface area (Å²) in [6, 6.07) is 11.6. The number of methoxy groups -OCH3 is 1. The van der Waals surface area contributed by atoms with Crippen molar-refractivity contribution in [2.24, 2.45) is 0 Å². The lowest BCUT2D eigenvalue weighted by Crippen LogP contribution is -2.22. The van der Waals surface area contributed by atoms with E-state index in [0.29, 0.717) is 18.7 Å². The molecule has 2 aromatic heterocycles. The maximum atomic E-state index is 12.2. The molecule has 5 heteroatoms. The van der Waals surface area contributed by atoms with E-state index in [1.165, 1.54) is 0 Å². The third kappa shape index (κ3) is 3.15. The van der Waals surface area contributed by atoms with E-state index in [1.807, 2.05) is 40.9 Å². The minimum atomic E-state index is -0.0929. The molecular weight excluding hydrogens is 278 g/mol. The van der Waals surface area contributed by atoms with Crippen LogP contribution >= 0.6 is 0 Å². The highest BCUT2D eigenvalue weighted by Gasteiger charge is 2.06. The van der Waals surface area contributed by atoms with Crippen molar-refractivity contribution in [1.82, 2.24) is 14.7 Å². The van der Waals surface area contributed by atoms with Crippen molar-refractivity contribution in [3.63, 3.8) is 0 Å². The summed E-state index contributed by atoms with van der Waals surface area (Å²) in [6.45, 7) is 1.09. The van der Waals surface area contributed by atoms with E-state index in [9.17, 15) is 4.79 Å². The summed E-state index contributed by atoms with van der Waals surface area (Å²) in [5, 5.41) is 2.92. The molecule has 3 rings (SSSR count). The first-order valence-electron chi connectivity index (χ1n) is 7.03. The van der Waals surface area contributed by atoms with E-state index in [-0.39, 0.29) is 5.91 Å². The van der Waals surface area contributed by atoms with Crippen molar-refractivity contribution in [3.8, 4) is 0 Å². The van der Waals surface area contributed by atoms with Crippen molar-refractivity contribution in [2.75, 3.05) is 7.11 Å². The van der Waals surface area contributed by atoms with Crippen molar-refractivity contribution in [1.29, 1.82) is 0 Å². The van der Waals surface area contributed by atoms with Crippen molar-refractivity contribution < 1.29 is 9.53 Å². The zero-order valence-electron chi connectivity index (χ0n) is 12.3. The van der Waals surface area contributed by atoms with E-state index in [0.717, 1.165) is 16.6 Å². The quantitative estimate of drug-likeness (QED) is 0.786. The fourth-order valence-electron chi connectivity index (χ4n) is 2.26. The van der Waals surface area contributed by atoms with Crippen LogP contribution in [-0.2, 0) is 17.9 Å². The van der Waals surface area contributed by atoms with Crippen molar-refractivity contribution in [2.45, 2.75) is 13.2 Å². The van der Waals surface area contributed by atoms with Gasteiger partial charge < -0.3 is 14.5 Å². The van der Waals surface area contributed by atoms with Gasteiger partial charge in [0.25, 0.3) is 5.91 Å². The third-order valence-electron chi connectivity index (χ3n) is 3.46. The molecule has 0 fully saturated rings. The molecular formula is C17H17N3O2. The van der Waals surface area contributed by atoms with Gasteiger partial charge >= 0.3 is 0 Å². The topological polar surface area (TPSA) is 55.6 Å². The summed E-state index contributed by atoms with van der Waals surface area (Å²) in [5.74, 6) is -0.0929. The number of carbonyl (C=O) groups is 1. The van der Waals surface area contributed by atoms with Gasteiger partial charge in [0.2, 0.25) is 0 Å². The number of hydrogen-bond acceptors (Lipinski definition) is 3. The first-order chi connectivity index (χ1) is 10.8. The van der Waals surface area contributed by atoms with Gasteiger partial charge in [-0.25, -0.2) is 4.98 Å². The molecule has 112 valence electrons. The summed E-state index contributed by atoms with van der Waals surface area (Å²) >= 11 is 0. The van der Waals surface area contributed by atoms with Gasteiger partial charge in [0, 0.05) is 25.4 Å². The van der Waals surface area contributed by atoms with Crippen LogP contribution in [0, 0.1) is 0 Å². The van der Waals surface area contributed by atoms with Gasteiger partial charge in [-0.2, -0.15) is 0 Å². The van der Waals surface area contributed by atoms with Gasteiger partial charge in [0.1, 0.15) is 0 Å². The molecule has 0 aliphatic rings. The fourth-order valence-corrected chi connectivity index (χ4v) is 2.26. The molecule has 1 amide bonds. The van der Waals surface area contributed by atoms with Crippen LogP contribution in [0.2, 0.25) is 0 Å². The Kier molecular flexibility index (Phi) is 4.16. The number of aromatic nitrogens is 2. The van der Waals surface area contributed by atoms with Gasteiger partial charge in [-0.15, -0.1) is 0 Å². The fraction of sp³-hybridized carbons (Fsp3) is 0.176. The van der Waals surface area contributed by atoms with Crippen LogP contribution in [-0.4, -0.2) is 22.4 Å². The van der Waals surface area contributed by atoms with Gasteiger partial charge in [-0.05, 0) is 23.3 Å². The number of carbonyl (C=O) groups excluding carboxylic acids is 1. The largest absolute Gasteiger partial charge is 0.380 e. The summed E-state index contributed by atoms with van der Waals surface area (Å²) in [7, 11) is 1.67. The molecule has 1 aromatic carbocycles. The zero-order valence-corrected chi connectivity index (χ0v) is 12.3. The smallest absolute Gasteiger partial charge is 0.251 e. The minimum Gasteiger partial charge on any atom is -0.380 e. The monoisotopic (exact) mass is 295 g/mol. The Bertz CT molecular complexity index is 778. The van der Waals surface area contributed by atoms with Gasteiger partial charge in [0.05, 0.1) is 24.6 Å². The Balaban J connectivity index is 1.63. The summed E-state index contributed by atoms with van der Waals surface area (Å²) < 4.78 is 6.94. The zero-order chi connectivity index (χ0) is 15.4. The van der Waals surface area contributed by atoms with Gasteiger partial charge in [-0.3, -0.25) is 4.79 Å². The molecule has 0 atom stereocenters. The molecule has 0 radical (unpaired) electrons. The summed E-state index contributed by atoms with van der Waals surface area (Å²) in [5.41, 5.74) is 3.70. The Morgan fingerprint density at radius 2 is 2.00 bits per heavy atom. The average molecular weight is 295 g/mol. The van der Waals surface area contributed by atoms with Crippen LogP contribution in [0.1, 0.15) is 21.5 Å². The Labute approximate surface area is 128 Å². The van der Waals surface area contributed by atoms with E-state index in [1.54, 1.807) is 25.7 Å². The number of fused-ring (bicyclic) bond motifs is 1. The van der Waals surface area contributed by atoms with Gasteiger partial charge in [0.15, 0.2) is 0 Å². The first-order valence-corrected chi connectivity index (χ1v) is 7.03. The van der Waals surface area contributed by atoms with Crippen LogP contribution in [0.5, 0.6) is 0 Å². The molecule has 0 saturated carbocycles. The number of hydrogen-bond donors (Lipinski definition) is 1. The SMILES string of the molecule is COCc1ccc(CNC(=O)c2ccn3cncc3c2)cc1. The number of benzene rings is 1. The highest BCUT2D eigenvalue weighted by atomic mass is 16.5. The maximum Gasteiger partial charge on any atom is 0.251 e. The molecule has 0 spiro atoms. The number of rotatable bonds is 5. The number of imidazole rings is 1. The highest BCUT2D eigenvalue weighted by molar-refractivity contribution is 5.95. The molecule has 0 saturated heterocycles. The molecule has 0 aliphatic carbocycles. The van der Waals surface area contributed by atoms with Crippen LogP contribution in [0.25, 0.3) is 5.52 Å². The Morgan fingerprint density at radius 1 is 1.23 bits per heavy atom. The van der Waals surface area contributed by atoms with Crippen LogP contribution in [0.4, 0.5) is 0 Å². The predicted octanol–water partition coefficient (Wildman–Crippen LogP) is 2.41. The second-order valence-electron chi connectivity index (χ2n) is 5.07. The summed E-state index contributed by atoms with van der Waals surface area (Å²) in [6.07, 6.45) is 5.26. The number of amides is 1. The highest BCUT2D eigenvalue weighted by Crippen LogP contribution is 2.08. The lowest BCUT2D eigenvalue weighted by atomic mass is 10.1. The Hall–Kier alpha value is -2.66. The van der Waals surface area contributed by atoms with Crippen LogP contribution in [0.3, 0.4) is 0 Å². The number of ether oxygens (including phenoxy) is 1. The second-order valence-corrected chi connectivity index (χ2v) is 5.07. The van der Waals surface area contributed by atoms with E-state index >= 15 is 0 Å². The second kappa shape index (κ2) is 6.41. The lowest BCUT2D eigenvalue weighted by molar-refractivity contribution is 0.0951. The van der Waals surface area contributed by atoms with Gasteiger partial charge in [-0.1, -0.05) is 24.3 Å². The average Bonchev–Trinajstić information content (AvgIpc) is 3.01. The molecule has 0 bridgehead atoms.